The fraction of sp³-hybridized carbons (Fsp3) is 0.591. The molecule has 1 aromatic carbocycles. The first-order chi connectivity index (χ1) is 14.8. The molecule has 0 aliphatic carbocycles. The highest BCUT2D eigenvalue weighted by molar-refractivity contribution is 6.30. The van der Waals surface area contributed by atoms with Gasteiger partial charge < -0.3 is 25.4 Å². The number of aliphatic hydroxyl groups is 1. The van der Waals surface area contributed by atoms with Crippen LogP contribution < -0.4 is 10.6 Å². The van der Waals surface area contributed by atoms with Crippen molar-refractivity contribution in [1.82, 2.24) is 10.2 Å². The largest absolute Gasteiger partial charge is 0.396 e. The van der Waals surface area contributed by atoms with E-state index in [9.17, 15) is 19.5 Å². The zero-order chi connectivity index (χ0) is 22.4. The number of hydrogen-bond donors (Lipinski definition) is 3. The molecule has 3 fully saturated rings. The second kappa shape index (κ2) is 8.07. The number of amides is 3. The third-order valence-corrected chi connectivity index (χ3v) is 7.22. The summed E-state index contributed by atoms with van der Waals surface area (Å²) in [6.45, 7) is 2.18. The first-order valence-electron chi connectivity index (χ1n) is 10.7. The second-order valence-electron chi connectivity index (χ2n) is 8.80. The second-order valence-corrected chi connectivity index (χ2v) is 9.24. The number of nitrogens with zero attached hydrogens (tertiary/aromatic N) is 1. The topological polar surface area (TPSA) is 108 Å². The first kappa shape index (κ1) is 22.0. The fourth-order valence-corrected chi connectivity index (χ4v) is 5.79. The van der Waals surface area contributed by atoms with Crippen LogP contribution in [0.2, 0.25) is 5.02 Å². The van der Waals surface area contributed by atoms with E-state index in [0.29, 0.717) is 42.9 Å². The van der Waals surface area contributed by atoms with Gasteiger partial charge in [0.05, 0.1) is 17.4 Å². The number of anilines is 1. The van der Waals surface area contributed by atoms with Gasteiger partial charge in [0.2, 0.25) is 17.7 Å². The van der Waals surface area contributed by atoms with Crippen molar-refractivity contribution in [3.05, 3.63) is 29.3 Å². The zero-order valence-electron chi connectivity index (χ0n) is 17.7. The summed E-state index contributed by atoms with van der Waals surface area (Å²) in [6.07, 6.45) is 2.20. The molecule has 3 amide bonds. The lowest BCUT2D eigenvalue weighted by molar-refractivity contribution is -0.144. The van der Waals surface area contributed by atoms with E-state index < -0.39 is 29.1 Å². The van der Waals surface area contributed by atoms with Crippen LogP contribution in [0, 0.1) is 11.8 Å². The summed E-state index contributed by atoms with van der Waals surface area (Å²) in [5.41, 5.74) is -1.26. The van der Waals surface area contributed by atoms with Gasteiger partial charge in [-0.05, 0) is 56.9 Å². The molecule has 168 valence electrons. The summed E-state index contributed by atoms with van der Waals surface area (Å²) >= 11 is 5.94. The lowest BCUT2D eigenvalue weighted by Gasteiger charge is -2.33. The Morgan fingerprint density at radius 2 is 1.94 bits per heavy atom. The van der Waals surface area contributed by atoms with Crippen molar-refractivity contribution in [2.24, 2.45) is 11.8 Å². The maximum absolute atomic E-state index is 13.6. The van der Waals surface area contributed by atoms with Gasteiger partial charge in [0, 0.05) is 30.9 Å². The van der Waals surface area contributed by atoms with Crippen LogP contribution in [0.25, 0.3) is 0 Å². The molecule has 3 aliphatic heterocycles. The monoisotopic (exact) mass is 449 g/mol. The van der Waals surface area contributed by atoms with E-state index in [0.717, 1.165) is 0 Å². The maximum atomic E-state index is 13.6. The van der Waals surface area contributed by atoms with Crippen LogP contribution in [0.1, 0.15) is 32.6 Å². The molecule has 3 aliphatic rings. The number of fused-ring (bicyclic) bond motifs is 1. The normalized spacial score (nSPS) is 33.5. The van der Waals surface area contributed by atoms with Crippen molar-refractivity contribution in [3.63, 3.8) is 0 Å². The molecule has 0 radical (unpaired) electrons. The van der Waals surface area contributed by atoms with E-state index >= 15 is 0 Å². The fourth-order valence-electron chi connectivity index (χ4n) is 5.66. The number of carbonyl (C=O) groups is 3. The number of nitrogens with one attached hydrogen (secondary N) is 2. The first-order valence-corrected chi connectivity index (χ1v) is 11.0. The summed E-state index contributed by atoms with van der Waals surface area (Å²) in [7, 11) is 1.55. The van der Waals surface area contributed by atoms with Crippen molar-refractivity contribution in [2.45, 2.75) is 49.9 Å². The van der Waals surface area contributed by atoms with Crippen LogP contribution in [-0.2, 0) is 19.1 Å². The van der Waals surface area contributed by atoms with Crippen LogP contribution in [0.3, 0.4) is 0 Å². The van der Waals surface area contributed by atoms with Crippen molar-refractivity contribution < 1.29 is 24.2 Å². The number of ether oxygens (including phenoxy) is 1. The quantitative estimate of drug-likeness (QED) is 0.547. The molecule has 1 aromatic rings. The number of likely N-dealkylation sites (tertiary alicyclic amines) is 1. The van der Waals surface area contributed by atoms with Gasteiger partial charge in [-0.2, -0.15) is 0 Å². The van der Waals surface area contributed by atoms with Gasteiger partial charge >= 0.3 is 0 Å². The molecule has 2 unspecified atom stereocenters. The Morgan fingerprint density at radius 3 is 2.58 bits per heavy atom. The number of benzene rings is 1. The number of hydrogen-bond acceptors (Lipinski definition) is 5. The average molecular weight is 450 g/mol. The van der Waals surface area contributed by atoms with E-state index in [4.69, 9.17) is 16.3 Å². The smallest absolute Gasteiger partial charge is 0.250 e. The van der Waals surface area contributed by atoms with E-state index in [2.05, 4.69) is 10.6 Å². The van der Waals surface area contributed by atoms with Crippen LogP contribution in [-0.4, -0.2) is 65.2 Å². The minimum Gasteiger partial charge on any atom is -0.396 e. The molecular weight excluding hydrogens is 422 g/mol. The summed E-state index contributed by atoms with van der Waals surface area (Å²) in [4.78, 5) is 41.4. The Balaban J connectivity index is 1.70. The highest BCUT2D eigenvalue weighted by atomic mass is 35.5. The van der Waals surface area contributed by atoms with Gasteiger partial charge in [0.15, 0.2) is 0 Å². The van der Waals surface area contributed by atoms with E-state index in [1.807, 2.05) is 6.92 Å². The third-order valence-electron chi connectivity index (χ3n) is 6.97. The predicted molar refractivity (Wildman–Crippen MR) is 114 cm³/mol. The van der Waals surface area contributed by atoms with Crippen molar-refractivity contribution in [3.8, 4) is 0 Å². The molecule has 4 rings (SSSR count). The molecule has 0 aromatic heterocycles. The summed E-state index contributed by atoms with van der Waals surface area (Å²) < 4.78 is 6.45. The Kier molecular flexibility index (Phi) is 5.74. The summed E-state index contributed by atoms with van der Waals surface area (Å²) in [5.74, 6) is -2.17. The molecule has 3 N–H and O–H groups in total. The van der Waals surface area contributed by atoms with Crippen LogP contribution in [0.4, 0.5) is 5.69 Å². The molecule has 3 heterocycles. The lowest BCUT2D eigenvalue weighted by Crippen LogP contribution is -2.53. The number of aliphatic hydroxyl groups excluding tert-OH is 1. The van der Waals surface area contributed by atoms with E-state index in [1.165, 1.54) is 0 Å². The molecule has 8 nitrogen and oxygen atoms in total. The van der Waals surface area contributed by atoms with E-state index in [1.54, 1.807) is 36.2 Å². The summed E-state index contributed by atoms with van der Waals surface area (Å²) in [6, 6.07) is 5.90. The number of halogens is 1. The SMILES string of the molecule is CNC(=O)[C@@H]1[C@H]2C(=O)N(CCCCO)C(C(=O)Nc3ccc(Cl)cc3)C23CC[C@@]1(C)O3. The molecular formula is C22H28ClN3O5. The highest BCUT2D eigenvalue weighted by Crippen LogP contribution is 2.63. The molecule has 1 spiro atoms. The molecule has 2 bridgehead atoms. The Labute approximate surface area is 186 Å². The van der Waals surface area contributed by atoms with E-state index in [-0.39, 0.29) is 24.3 Å². The number of carbonyl (C=O) groups excluding carboxylic acids is 3. The van der Waals surface area contributed by atoms with Crippen molar-refractivity contribution in [2.75, 3.05) is 25.5 Å². The van der Waals surface area contributed by atoms with Gasteiger partial charge in [-0.3, -0.25) is 14.4 Å². The van der Waals surface area contributed by atoms with Gasteiger partial charge in [-0.25, -0.2) is 0 Å². The van der Waals surface area contributed by atoms with Crippen molar-refractivity contribution in [1.29, 1.82) is 0 Å². The van der Waals surface area contributed by atoms with Crippen LogP contribution >= 0.6 is 11.6 Å². The summed E-state index contributed by atoms with van der Waals surface area (Å²) in [5, 5.41) is 15.3. The standard InChI is InChI=1S/C22H28ClN3O5/c1-21-9-10-22(31-21)16(15(21)18(28)24-2)20(30)26(11-3-4-12-27)17(22)19(29)25-14-7-5-13(23)6-8-14/h5-8,15-17,27H,3-4,9-12H2,1-2H3,(H,24,28)(H,25,29)/t15-,16-,17?,21+,22?/m0/s1. The highest BCUT2D eigenvalue weighted by Gasteiger charge is 2.77. The third kappa shape index (κ3) is 3.41. The van der Waals surface area contributed by atoms with Gasteiger partial charge in [0.25, 0.3) is 0 Å². The zero-order valence-corrected chi connectivity index (χ0v) is 18.4. The molecule has 31 heavy (non-hydrogen) atoms. The Hall–Kier alpha value is -2.16. The minimum absolute atomic E-state index is 0.00762. The van der Waals surface area contributed by atoms with Crippen LogP contribution in [0.15, 0.2) is 24.3 Å². The number of rotatable bonds is 7. The van der Waals surface area contributed by atoms with Gasteiger partial charge in [-0.1, -0.05) is 11.6 Å². The van der Waals surface area contributed by atoms with Crippen molar-refractivity contribution >= 4 is 35.0 Å². The maximum Gasteiger partial charge on any atom is 0.250 e. The molecule has 0 saturated carbocycles. The lowest BCUT2D eigenvalue weighted by atomic mass is 9.66. The molecule has 9 heteroatoms. The molecule has 5 atom stereocenters. The molecule has 3 saturated heterocycles. The average Bonchev–Trinajstić information content (AvgIpc) is 3.30. The Morgan fingerprint density at radius 1 is 1.23 bits per heavy atom. The van der Waals surface area contributed by atoms with Gasteiger partial charge in [-0.15, -0.1) is 0 Å². The minimum atomic E-state index is -1.04. The number of unbranched alkanes of at least 4 members (excludes halogenated alkanes) is 1. The van der Waals surface area contributed by atoms with Gasteiger partial charge in [0.1, 0.15) is 11.6 Å². The van der Waals surface area contributed by atoms with Crippen LogP contribution in [0.5, 0.6) is 0 Å². The predicted octanol–water partition coefficient (Wildman–Crippen LogP) is 1.56. The Bertz CT molecular complexity index is 894.